The quantitative estimate of drug-likeness (QED) is 0.640. The first-order chi connectivity index (χ1) is 10.1. The Bertz CT molecular complexity index is 445. The van der Waals surface area contributed by atoms with Crippen molar-refractivity contribution in [2.45, 2.75) is 64.2 Å². The van der Waals surface area contributed by atoms with E-state index in [1.807, 2.05) is 31.2 Å². The zero-order chi connectivity index (χ0) is 15.7. The summed E-state index contributed by atoms with van der Waals surface area (Å²) in [5, 5.41) is 9.73. The molecule has 3 heteroatoms. The molecule has 118 valence electrons. The van der Waals surface area contributed by atoms with E-state index in [9.17, 15) is 9.90 Å². The van der Waals surface area contributed by atoms with E-state index in [0.717, 1.165) is 24.0 Å². The highest BCUT2D eigenvalue weighted by atomic mass is 16.4. The van der Waals surface area contributed by atoms with Gasteiger partial charge in [-0.05, 0) is 18.9 Å². The molecule has 1 atom stereocenters. The maximum absolute atomic E-state index is 11.9. The van der Waals surface area contributed by atoms with Crippen LogP contribution in [0.2, 0.25) is 0 Å². The number of hydrogen-bond acceptors (Lipinski definition) is 2. The number of nitrogens with two attached hydrogens (primary N) is 1. The summed E-state index contributed by atoms with van der Waals surface area (Å²) in [6, 6.07) is 7.75. The molecule has 0 aliphatic heterocycles. The maximum Gasteiger partial charge on any atom is 0.315 e. The molecule has 1 aromatic rings. The Kier molecular flexibility index (Phi) is 7.44. The number of aryl methyl sites for hydroxylation is 1. The van der Waals surface area contributed by atoms with E-state index >= 15 is 0 Å². The Morgan fingerprint density at radius 2 is 1.86 bits per heavy atom. The number of unbranched alkanes of at least 4 members (excludes halogenated alkanes) is 5. The van der Waals surface area contributed by atoms with Crippen molar-refractivity contribution < 1.29 is 9.90 Å². The van der Waals surface area contributed by atoms with Crippen molar-refractivity contribution in [2.75, 3.05) is 6.54 Å². The summed E-state index contributed by atoms with van der Waals surface area (Å²) in [5.74, 6) is -0.802. The number of carboxylic acids is 1. The summed E-state index contributed by atoms with van der Waals surface area (Å²) >= 11 is 0. The third kappa shape index (κ3) is 4.85. The minimum absolute atomic E-state index is 0.154. The standard InChI is InChI=1S/C18H29NO2/c1-3-4-5-6-7-8-12-18(14-19,17(20)21)16-11-9-10-15(2)13-16/h9-11,13H,3-8,12,14,19H2,1-2H3,(H,20,21). The van der Waals surface area contributed by atoms with Gasteiger partial charge >= 0.3 is 5.97 Å². The molecule has 0 spiro atoms. The number of aliphatic carboxylic acids is 1. The van der Waals surface area contributed by atoms with Crippen molar-refractivity contribution in [3.8, 4) is 0 Å². The van der Waals surface area contributed by atoms with E-state index in [-0.39, 0.29) is 6.54 Å². The highest BCUT2D eigenvalue weighted by Crippen LogP contribution is 2.30. The Balaban J connectivity index is 2.73. The van der Waals surface area contributed by atoms with Gasteiger partial charge in [0.15, 0.2) is 0 Å². The van der Waals surface area contributed by atoms with Crippen LogP contribution in [-0.2, 0) is 10.2 Å². The van der Waals surface area contributed by atoms with E-state index in [1.165, 1.54) is 25.7 Å². The lowest BCUT2D eigenvalue weighted by Crippen LogP contribution is -2.43. The molecule has 0 aliphatic rings. The molecule has 0 bridgehead atoms. The molecule has 0 saturated carbocycles. The maximum atomic E-state index is 11.9. The summed E-state index contributed by atoms with van der Waals surface area (Å²) in [6.07, 6.45) is 7.53. The van der Waals surface area contributed by atoms with Crippen molar-refractivity contribution in [3.05, 3.63) is 35.4 Å². The van der Waals surface area contributed by atoms with Crippen LogP contribution in [0, 0.1) is 6.92 Å². The third-order valence-corrected chi connectivity index (χ3v) is 4.29. The van der Waals surface area contributed by atoms with Crippen LogP contribution in [0.5, 0.6) is 0 Å². The highest BCUT2D eigenvalue weighted by molar-refractivity contribution is 5.81. The van der Waals surface area contributed by atoms with Crippen molar-refractivity contribution in [1.29, 1.82) is 0 Å². The van der Waals surface area contributed by atoms with Gasteiger partial charge in [-0.2, -0.15) is 0 Å². The van der Waals surface area contributed by atoms with Crippen molar-refractivity contribution in [1.82, 2.24) is 0 Å². The molecule has 1 unspecified atom stereocenters. The lowest BCUT2D eigenvalue weighted by molar-refractivity contribution is -0.143. The summed E-state index contributed by atoms with van der Waals surface area (Å²) in [6.45, 7) is 4.33. The predicted molar refractivity (Wildman–Crippen MR) is 87.5 cm³/mol. The van der Waals surface area contributed by atoms with Crippen LogP contribution in [0.1, 0.15) is 63.0 Å². The monoisotopic (exact) mass is 291 g/mol. The first-order valence-corrected chi connectivity index (χ1v) is 8.07. The minimum atomic E-state index is -0.934. The lowest BCUT2D eigenvalue weighted by Gasteiger charge is -2.29. The normalized spacial score (nSPS) is 13.9. The number of rotatable bonds is 10. The van der Waals surface area contributed by atoms with Gasteiger partial charge in [0.1, 0.15) is 5.41 Å². The first-order valence-electron chi connectivity index (χ1n) is 8.07. The molecule has 3 N–H and O–H groups in total. The fourth-order valence-electron chi connectivity index (χ4n) is 2.83. The second-order valence-corrected chi connectivity index (χ2v) is 5.98. The lowest BCUT2D eigenvalue weighted by atomic mass is 9.76. The molecular formula is C18H29NO2. The van der Waals surface area contributed by atoms with E-state index in [2.05, 4.69) is 6.92 Å². The van der Waals surface area contributed by atoms with Gasteiger partial charge < -0.3 is 10.8 Å². The van der Waals surface area contributed by atoms with Gasteiger partial charge in [-0.25, -0.2) is 0 Å². The minimum Gasteiger partial charge on any atom is -0.481 e. The first kappa shape index (κ1) is 17.7. The average Bonchev–Trinajstić information content (AvgIpc) is 2.46. The van der Waals surface area contributed by atoms with Gasteiger partial charge in [-0.15, -0.1) is 0 Å². The average molecular weight is 291 g/mol. The second kappa shape index (κ2) is 8.83. The molecule has 0 radical (unpaired) electrons. The van der Waals surface area contributed by atoms with Crippen molar-refractivity contribution in [2.24, 2.45) is 5.73 Å². The molecule has 0 aliphatic carbocycles. The van der Waals surface area contributed by atoms with Crippen LogP contribution in [0.15, 0.2) is 24.3 Å². The molecule has 1 rings (SSSR count). The van der Waals surface area contributed by atoms with Crippen LogP contribution in [0.3, 0.4) is 0 Å². The fourth-order valence-corrected chi connectivity index (χ4v) is 2.83. The summed E-state index contributed by atoms with van der Waals surface area (Å²) in [4.78, 5) is 11.9. The van der Waals surface area contributed by atoms with Crippen LogP contribution in [-0.4, -0.2) is 17.6 Å². The molecule has 3 nitrogen and oxygen atoms in total. The third-order valence-electron chi connectivity index (χ3n) is 4.29. The Labute approximate surface area is 128 Å². The predicted octanol–water partition coefficient (Wildman–Crippen LogP) is 4.03. The van der Waals surface area contributed by atoms with Crippen molar-refractivity contribution >= 4 is 5.97 Å². The molecular weight excluding hydrogens is 262 g/mol. The molecule has 0 aromatic heterocycles. The van der Waals surface area contributed by atoms with Gasteiger partial charge in [0.2, 0.25) is 0 Å². The van der Waals surface area contributed by atoms with E-state index in [4.69, 9.17) is 5.73 Å². The summed E-state index contributed by atoms with van der Waals surface area (Å²) in [5.41, 5.74) is 6.86. The summed E-state index contributed by atoms with van der Waals surface area (Å²) in [7, 11) is 0. The van der Waals surface area contributed by atoms with Crippen LogP contribution >= 0.6 is 0 Å². The Hall–Kier alpha value is -1.35. The number of benzene rings is 1. The van der Waals surface area contributed by atoms with Gasteiger partial charge in [-0.1, -0.05) is 75.3 Å². The Morgan fingerprint density at radius 1 is 1.19 bits per heavy atom. The smallest absolute Gasteiger partial charge is 0.315 e. The molecule has 1 aromatic carbocycles. The molecule has 0 amide bonds. The number of carboxylic acid groups (broad SMARTS) is 1. The van der Waals surface area contributed by atoms with Crippen LogP contribution < -0.4 is 5.73 Å². The van der Waals surface area contributed by atoms with Crippen LogP contribution in [0.4, 0.5) is 0 Å². The molecule has 0 saturated heterocycles. The van der Waals surface area contributed by atoms with Gasteiger partial charge in [0.25, 0.3) is 0 Å². The number of carbonyl (C=O) groups is 1. The fraction of sp³-hybridized carbons (Fsp3) is 0.611. The Morgan fingerprint density at radius 3 is 2.43 bits per heavy atom. The van der Waals surface area contributed by atoms with E-state index < -0.39 is 11.4 Å². The van der Waals surface area contributed by atoms with Gasteiger partial charge in [0, 0.05) is 6.54 Å². The van der Waals surface area contributed by atoms with Crippen molar-refractivity contribution in [3.63, 3.8) is 0 Å². The molecule has 21 heavy (non-hydrogen) atoms. The zero-order valence-electron chi connectivity index (χ0n) is 13.4. The second-order valence-electron chi connectivity index (χ2n) is 5.98. The van der Waals surface area contributed by atoms with Gasteiger partial charge in [-0.3, -0.25) is 4.79 Å². The molecule has 0 fully saturated rings. The number of hydrogen-bond donors (Lipinski definition) is 2. The highest BCUT2D eigenvalue weighted by Gasteiger charge is 2.38. The van der Waals surface area contributed by atoms with E-state index in [0.29, 0.717) is 6.42 Å². The largest absolute Gasteiger partial charge is 0.481 e. The topological polar surface area (TPSA) is 63.3 Å². The SMILES string of the molecule is CCCCCCCCC(CN)(C(=O)O)c1cccc(C)c1. The molecule has 0 heterocycles. The summed E-state index contributed by atoms with van der Waals surface area (Å²) < 4.78 is 0. The van der Waals surface area contributed by atoms with E-state index in [1.54, 1.807) is 0 Å². The van der Waals surface area contributed by atoms with Crippen LogP contribution in [0.25, 0.3) is 0 Å². The zero-order valence-corrected chi connectivity index (χ0v) is 13.4. The van der Waals surface area contributed by atoms with Gasteiger partial charge in [0.05, 0.1) is 0 Å².